The summed E-state index contributed by atoms with van der Waals surface area (Å²) in [7, 11) is 1.58. The summed E-state index contributed by atoms with van der Waals surface area (Å²) in [5.41, 5.74) is 3.89. The van der Waals surface area contributed by atoms with Crippen molar-refractivity contribution in [1.29, 1.82) is 0 Å². The maximum Gasteiger partial charge on any atom is 0.242 e. The van der Waals surface area contributed by atoms with Crippen LogP contribution < -0.4 is 9.64 Å². The zero-order valence-electron chi connectivity index (χ0n) is 21.2. The Bertz CT molecular complexity index is 1540. The van der Waals surface area contributed by atoms with Crippen LogP contribution in [-0.2, 0) is 11.3 Å². The van der Waals surface area contributed by atoms with Crippen LogP contribution in [0.4, 0.5) is 11.4 Å². The molecule has 1 atom stereocenters. The van der Waals surface area contributed by atoms with E-state index >= 15 is 0 Å². The molecule has 3 aromatic heterocycles. The second kappa shape index (κ2) is 9.93. The van der Waals surface area contributed by atoms with Crippen molar-refractivity contribution >= 4 is 17.3 Å². The molecule has 6 rings (SSSR count). The number of imidazole rings is 1. The molecule has 0 unspecified atom stereocenters. The van der Waals surface area contributed by atoms with Crippen LogP contribution in [0.3, 0.4) is 0 Å². The lowest BCUT2D eigenvalue weighted by Crippen LogP contribution is -2.34. The van der Waals surface area contributed by atoms with E-state index < -0.39 is 5.92 Å². The number of amides is 1. The molecular weight excluding hydrogens is 478 g/mol. The van der Waals surface area contributed by atoms with Crippen molar-refractivity contribution in [2.45, 2.75) is 32.2 Å². The fourth-order valence-corrected chi connectivity index (χ4v) is 4.86. The maximum atomic E-state index is 14.1. The Hall–Kier alpha value is -4.79. The number of aromatic nitrogens is 6. The first kappa shape index (κ1) is 23.6. The van der Waals surface area contributed by atoms with Gasteiger partial charge in [-0.15, -0.1) is 5.10 Å². The molecule has 5 aromatic rings. The number of rotatable bonds is 6. The minimum Gasteiger partial charge on any atom is -0.479 e. The third kappa shape index (κ3) is 4.32. The van der Waals surface area contributed by atoms with E-state index in [0.717, 1.165) is 29.2 Å². The zero-order chi connectivity index (χ0) is 26.1. The molecule has 0 bridgehead atoms. The summed E-state index contributed by atoms with van der Waals surface area (Å²) < 4.78 is 9.29. The highest BCUT2D eigenvalue weighted by molar-refractivity contribution is 6.04. The fourth-order valence-electron chi connectivity index (χ4n) is 4.86. The van der Waals surface area contributed by atoms with Crippen LogP contribution in [0.5, 0.6) is 5.88 Å². The van der Waals surface area contributed by atoms with E-state index in [1.165, 1.54) is 0 Å². The van der Waals surface area contributed by atoms with Gasteiger partial charge in [-0.3, -0.25) is 9.69 Å². The topological polar surface area (TPSA) is 91.0 Å². The molecule has 0 saturated heterocycles. The quantitative estimate of drug-likeness (QED) is 0.319. The highest BCUT2D eigenvalue weighted by atomic mass is 16.5. The van der Waals surface area contributed by atoms with Gasteiger partial charge in [-0.05, 0) is 56.2 Å². The summed E-state index contributed by atoms with van der Waals surface area (Å²) in [5.74, 6) is 1.11. The van der Waals surface area contributed by atoms with Gasteiger partial charge in [0.2, 0.25) is 11.8 Å². The van der Waals surface area contributed by atoms with Crippen LogP contribution in [0.25, 0.3) is 17.2 Å². The lowest BCUT2D eigenvalue weighted by Gasteiger charge is -2.29. The highest BCUT2D eigenvalue weighted by Crippen LogP contribution is 2.35. The number of hydrogen-bond donors (Lipinski definition) is 0. The number of anilines is 2. The van der Waals surface area contributed by atoms with Gasteiger partial charge in [0.25, 0.3) is 0 Å². The van der Waals surface area contributed by atoms with Crippen LogP contribution in [0.15, 0.2) is 85.3 Å². The molecule has 2 aromatic carbocycles. The number of fused-ring (bicyclic) bond motifs is 1. The first-order valence-electron chi connectivity index (χ1n) is 12.6. The fraction of sp³-hybridized carbons (Fsp3) is 0.207. The van der Waals surface area contributed by atoms with Crippen LogP contribution in [0.2, 0.25) is 0 Å². The number of nitrogens with zero attached hydrogens (tertiary/aromatic N) is 7. The predicted molar refractivity (Wildman–Crippen MR) is 144 cm³/mol. The van der Waals surface area contributed by atoms with Gasteiger partial charge >= 0.3 is 0 Å². The second-order valence-electron chi connectivity index (χ2n) is 9.20. The smallest absolute Gasteiger partial charge is 0.242 e. The Kier molecular flexibility index (Phi) is 6.17. The number of pyridine rings is 1. The van der Waals surface area contributed by atoms with Crippen molar-refractivity contribution < 1.29 is 9.53 Å². The molecule has 0 radical (unpaired) electrons. The summed E-state index contributed by atoms with van der Waals surface area (Å²) in [6.07, 6.45) is 5.17. The molecule has 9 heteroatoms. The molecule has 0 saturated carbocycles. The molecule has 0 fully saturated rings. The van der Waals surface area contributed by atoms with Crippen molar-refractivity contribution in [3.05, 3.63) is 96.8 Å². The highest BCUT2D eigenvalue weighted by Gasteiger charge is 2.35. The summed E-state index contributed by atoms with van der Waals surface area (Å²) >= 11 is 0. The Balaban J connectivity index is 1.36. The Morgan fingerprint density at radius 1 is 0.974 bits per heavy atom. The Morgan fingerprint density at radius 3 is 2.32 bits per heavy atom. The molecule has 0 N–H and O–H groups in total. The number of carbonyl (C=O) groups excluding carboxylic acids is 1. The Morgan fingerprint density at radius 2 is 1.68 bits per heavy atom. The van der Waals surface area contributed by atoms with E-state index in [1.54, 1.807) is 18.3 Å². The average molecular weight is 506 g/mol. The molecule has 1 aliphatic heterocycles. The molecule has 38 heavy (non-hydrogen) atoms. The third-order valence-corrected chi connectivity index (χ3v) is 6.67. The first-order valence-corrected chi connectivity index (χ1v) is 12.6. The summed E-state index contributed by atoms with van der Waals surface area (Å²) in [6, 6.07) is 23.2. The van der Waals surface area contributed by atoms with Gasteiger partial charge in [0.05, 0.1) is 25.0 Å². The monoisotopic (exact) mass is 505 g/mol. The zero-order valence-corrected chi connectivity index (χ0v) is 21.2. The summed E-state index contributed by atoms with van der Waals surface area (Å²) in [5, 5.41) is 4.74. The number of carbonyl (C=O) groups is 1. The normalized spacial score (nSPS) is 14.6. The molecule has 190 valence electrons. The summed E-state index contributed by atoms with van der Waals surface area (Å²) in [4.78, 5) is 29.7. The number of methoxy groups -OCH3 is 1. The van der Waals surface area contributed by atoms with E-state index in [4.69, 9.17) is 14.8 Å². The number of hydrogen-bond acceptors (Lipinski definition) is 6. The molecule has 4 heterocycles. The SMILES string of the molecule is COc1nc(-c2nc3n(n2)CCC[C@@H]3C(=O)N(c2ccccc2)c2ccccc2)ccc1-n1cnc(C)c1. The molecule has 1 amide bonds. The van der Waals surface area contributed by atoms with Crippen LogP contribution in [0, 0.1) is 6.92 Å². The van der Waals surface area contributed by atoms with Gasteiger partial charge in [0, 0.05) is 24.1 Å². The molecular formula is C29H27N7O2. The Labute approximate surface area is 220 Å². The van der Waals surface area contributed by atoms with Crippen molar-refractivity contribution in [3.8, 4) is 23.1 Å². The van der Waals surface area contributed by atoms with Crippen molar-refractivity contribution in [2.75, 3.05) is 12.0 Å². The van der Waals surface area contributed by atoms with Crippen molar-refractivity contribution in [3.63, 3.8) is 0 Å². The van der Waals surface area contributed by atoms with Gasteiger partial charge in [0.15, 0.2) is 5.82 Å². The lowest BCUT2D eigenvalue weighted by atomic mass is 9.96. The molecule has 0 spiro atoms. The number of aryl methyl sites for hydroxylation is 2. The van der Waals surface area contributed by atoms with Crippen molar-refractivity contribution in [2.24, 2.45) is 0 Å². The predicted octanol–water partition coefficient (Wildman–Crippen LogP) is 5.09. The second-order valence-corrected chi connectivity index (χ2v) is 9.20. The molecule has 9 nitrogen and oxygen atoms in total. The maximum absolute atomic E-state index is 14.1. The third-order valence-electron chi connectivity index (χ3n) is 6.67. The number of benzene rings is 2. The van der Waals surface area contributed by atoms with E-state index in [2.05, 4.69) is 9.97 Å². The lowest BCUT2D eigenvalue weighted by molar-refractivity contribution is -0.120. The van der Waals surface area contributed by atoms with Gasteiger partial charge in [-0.1, -0.05) is 36.4 Å². The van der Waals surface area contributed by atoms with E-state index in [1.807, 2.05) is 95.2 Å². The van der Waals surface area contributed by atoms with Crippen molar-refractivity contribution in [1.82, 2.24) is 29.3 Å². The number of para-hydroxylation sites is 2. The average Bonchev–Trinajstić information content (AvgIpc) is 3.60. The van der Waals surface area contributed by atoms with E-state index in [0.29, 0.717) is 36.2 Å². The minimum absolute atomic E-state index is 0.0290. The van der Waals surface area contributed by atoms with Crippen LogP contribution >= 0.6 is 0 Å². The summed E-state index contributed by atoms with van der Waals surface area (Å²) in [6.45, 7) is 2.63. The van der Waals surface area contributed by atoms with Gasteiger partial charge in [-0.25, -0.2) is 19.6 Å². The van der Waals surface area contributed by atoms with Gasteiger partial charge in [0.1, 0.15) is 17.2 Å². The van der Waals surface area contributed by atoms with E-state index in [-0.39, 0.29) is 5.91 Å². The van der Waals surface area contributed by atoms with Gasteiger partial charge in [-0.2, -0.15) is 0 Å². The van der Waals surface area contributed by atoms with Crippen LogP contribution in [-0.4, -0.2) is 42.3 Å². The largest absolute Gasteiger partial charge is 0.479 e. The van der Waals surface area contributed by atoms with E-state index in [9.17, 15) is 4.79 Å². The molecule has 0 aliphatic carbocycles. The van der Waals surface area contributed by atoms with Crippen LogP contribution in [0.1, 0.15) is 30.3 Å². The molecule has 1 aliphatic rings. The number of ether oxygens (including phenoxy) is 1. The first-order chi connectivity index (χ1) is 18.6. The minimum atomic E-state index is -0.430. The standard InChI is InChI=1S/C29H27N7O2/c1-20-18-34(19-30-20)25-16-15-24(31-28(25)38-2)26-32-27-23(14-9-17-35(27)33-26)29(37)36(21-10-5-3-6-11-21)22-12-7-4-8-13-22/h3-8,10-13,15-16,18-19,23H,9,14,17H2,1-2H3/t23-/m0/s1. The van der Waals surface area contributed by atoms with Gasteiger partial charge < -0.3 is 9.30 Å².